The largest absolute Gasteiger partial charge is 0.336 e. The molecule has 158 valence electrons. The highest BCUT2D eigenvalue weighted by atomic mass is 32.1. The first-order valence-electron chi connectivity index (χ1n) is 9.32. The third-order valence-electron chi connectivity index (χ3n) is 5.01. The van der Waals surface area contributed by atoms with Gasteiger partial charge in [0.05, 0.1) is 16.9 Å². The SMILES string of the molecule is Cc1ccc(-n2c(=O)c3sccc3n(CC(=O)Nc3ccc(F)cc3F)c2=O)cc1C. The predicted octanol–water partition coefficient (Wildman–Crippen LogP) is 3.75. The van der Waals surface area contributed by atoms with Crippen LogP contribution in [-0.2, 0) is 11.3 Å². The number of rotatable bonds is 4. The lowest BCUT2D eigenvalue weighted by molar-refractivity contribution is -0.116. The van der Waals surface area contributed by atoms with Crippen LogP contribution in [0.15, 0.2) is 57.4 Å². The second-order valence-corrected chi connectivity index (χ2v) is 8.00. The normalized spacial score (nSPS) is 11.1. The Morgan fingerprint density at radius 2 is 1.81 bits per heavy atom. The summed E-state index contributed by atoms with van der Waals surface area (Å²) in [6.07, 6.45) is 0. The molecule has 0 aliphatic heterocycles. The summed E-state index contributed by atoms with van der Waals surface area (Å²) >= 11 is 1.16. The van der Waals surface area contributed by atoms with Crippen LogP contribution in [0.2, 0.25) is 0 Å². The average Bonchev–Trinajstić information content (AvgIpc) is 3.20. The van der Waals surface area contributed by atoms with Gasteiger partial charge in [0.25, 0.3) is 5.56 Å². The van der Waals surface area contributed by atoms with Crippen molar-refractivity contribution in [3.8, 4) is 5.69 Å². The first kappa shape index (κ1) is 20.7. The van der Waals surface area contributed by atoms with Crippen LogP contribution in [0.25, 0.3) is 15.9 Å². The Labute approximate surface area is 179 Å². The standard InChI is InChI=1S/C22H17F2N3O3S/c1-12-3-5-15(9-13(12)2)27-21(29)20-18(7-8-31-20)26(22(27)30)11-19(28)25-17-6-4-14(23)10-16(17)24/h3-10H,11H2,1-2H3,(H,25,28). The van der Waals surface area contributed by atoms with Crippen molar-refractivity contribution in [1.82, 2.24) is 9.13 Å². The molecule has 0 spiro atoms. The van der Waals surface area contributed by atoms with E-state index >= 15 is 0 Å². The lowest BCUT2D eigenvalue weighted by atomic mass is 10.1. The minimum absolute atomic E-state index is 0.205. The lowest BCUT2D eigenvalue weighted by Crippen LogP contribution is -2.40. The van der Waals surface area contributed by atoms with E-state index in [2.05, 4.69) is 5.32 Å². The molecule has 2 aromatic heterocycles. The summed E-state index contributed by atoms with van der Waals surface area (Å²) < 4.78 is 29.5. The van der Waals surface area contributed by atoms with Crippen LogP contribution in [0.5, 0.6) is 0 Å². The number of aromatic nitrogens is 2. The van der Waals surface area contributed by atoms with E-state index in [1.54, 1.807) is 23.6 Å². The Balaban J connectivity index is 1.80. The predicted molar refractivity (Wildman–Crippen MR) is 116 cm³/mol. The zero-order chi connectivity index (χ0) is 22.3. The summed E-state index contributed by atoms with van der Waals surface area (Å²) in [5.41, 5.74) is 1.26. The fraction of sp³-hybridized carbons (Fsp3) is 0.136. The maximum Gasteiger partial charge on any atom is 0.336 e. The molecule has 4 aromatic rings. The Morgan fingerprint density at radius 1 is 1.03 bits per heavy atom. The topological polar surface area (TPSA) is 73.1 Å². The molecule has 2 heterocycles. The van der Waals surface area contributed by atoms with Crippen molar-refractivity contribution >= 4 is 33.1 Å². The quantitative estimate of drug-likeness (QED) is 0.524. The number of benzene rings is 2. The molecule has 0 fully saturated rings. The van der Waals surface area contributed by atoms with E-state index in [0.29, 0.717) is 22.0 Å². The molecule has 0 bridgehead atoms. The van der Waals surface area contributed by atoms with E-state index in [4.69, 9.17) is 0 Å². The fourth-order valence-electron chi connectivity index (χ4n) is 3.26. The van der Waals surface area contributed by atoms with Gasteiger partial charge in [-0.25, -0.2) is 18.1 Å². The van der Waals surface area contributed by atoms with Crippen molar-refractivity contribution in [2.75, 3.05) is 5.32 Å². The van der Waals surface area contributed by atoms with E-state index in [1.165, 1.54) is 4.57 Å². The van der Waals surface area contributed by atoms with Crippen LogP contribution in [0.4, 0.5) is 14.5 Å². The monoisotopic (exact) mass is 441 g/mol. The van der Waals surface area contributed by atoms with Crippen LogP contribution in [-0.4, -0.2) is 15.0 Å². The van der Waals surface area contributed by atoms with Gasteiger partial charge in [-0.2, -0.15) is 0 Å². The Hall–Kier alpha value is -3.59. The molecule has 0 saturated heterocycles. The summed E-state index contributed by atoms with van der Waals surface area (Å²) in [6, 6.07) is 9.56. The smallest absolute Gasteiger partial charge is 0.322 e. The van der Waals surface area contributed by atoms with Gasteiger partial charge in [-0.15, -0.1) is 11.3 Å². The second-order valence-electron chi connectivity index (χ2n) is 7.09. The molecule has 0 unspecified atom stereocenters. The molecule has 31 heavy (non-hydrogen) atoms. The fourth-order valence-corrected chi connectivity index (χ4v) is 4.08. The van der Waals surface area contributed by atoms with E-state index in [0.717, 1.165) is 39.2 Å². The number of hydrogen-bond acceptors (Lipinski definition) is 4. The van der Waals surface area contributed by atoms with Gasteiger partial charge in [-0.1, -0.05) is 6.07 Å². The number of anilines is 1. The number of aryl methyl sites for hydroxylation is 2. The maximum atomic E-state index is 13.9. The van der Waals surface area contributed by atoms with Gasteiger partial charge in [0.2, 0.25) is 5.91 Å². The number of carbonyl (C=O) groups excluding carboxylic acids is 1. The van der Waals surface area contributed by atoms with E-state index in [9.17, 15) is 23.2 Å². The van der Waals surface area contributed by atoms with Gasteiger partial charge in [0.15, 0.2) is 0 Å². The molecule has 0 aliphatic carbocycles. The molecule has 9 heteroatoms. The summed E-state index contributed by atoms with van der Waals surface area (Å²) in [4.78, 5) is 38.8. The summed E-state index contributed by atoms with van der Waals surface area (Å²) in [6.45, 7) is 3.34. The molecule has 2 aromatic carbocycles. The number of amides is 1. The molecule has 0 radical (unpaired) electrons. The van der Waals surface area contributed by atoms with Crippen LogP contribution in [0, 0.1) is 25.5 Å². The van der Waals surface area contributed by atoms with E-state index in [-0.39, 0.29) is 5.69 Å². The molecule has 0 saturated carbocycles. The van der Waals surface area contributed by atoms with Gasteiger partial charge >= 0.3 is 5.69 Å². The van der Waals surface area contributed by atoms with Crippen molar-refractivity contribution in [3.63, 3.8) is 0 Å². The molecule has 0 atom stereocenters. The van der Waals surface area contributed by atoms with Crippen molar-refractivity contribution in [2.45, 2.75) is 20.4 Å². The molecule has 1 amide bonds. The zero-order valence-electron chi connectivity index (χ0n) is 16.6. The molecule has 1 N–H and O–H groups in total. The maximum absolute atomic E-state index is 13.9. The summed E-state index contributed by atoms with van der Waals surface area (Å²) in [7, 11) is 0. The number of halogens is 2. The van der Waals surface area contributed by atoms with Gasteiger partial charge < -0.3 is 5.32 Å². The van der Waals surface area contributed by atoms with Crippen molar-refractivity contribution in [2.24, 2.45) is 0 Å². The lowest BCUT2D eigenvalue weighted by Gasteiger charge is -2.13. The Kier molecular flexibility index (Phi) is 5.28. The third kappa shape index (κ3) is 3.79. The second kappa shape index (κ2) is 7.92. The first-order valence-corrected chi connectivity index (χ1v) is 10.2. The molecule has 0 aliphatic rings. The zero-order valence-corrected chi connectivity index (χ0v) is 17.4. The summed E-state index contributed by atoms with van der Waals surface area (Å²) in [5, 5.41) is 3.99. The molecule has 6 nitrogen and oxygen atoms in total. The third-order valence-corrected chi connectivity index (χ3v) is 5.90. The summed E-state index contributed by atoms with van der Waals surface area (Å²) in [5.74, 6) is -2.39. The number of nitrogens with zero attached hydrogens (tertiary/aromatic N) is 2. The number of nitrogens with one attached hydrogen (secondary N) is 1. The minimum atomic E-state index is -0.929. The number of fused-ring (bicyclic) bond motifs is 1. The van der Waals surface area contributed by atoms with E-state index < -0.39 is 35.3 Å². The van der Waals surface area contributed by atoms with Crippen molar-refractivity contribution in [3.05, 3.63) is 91.4 Å². The van der Waals surface area contributed by atoms with Crippen LogP contribution >= 0.6 is 11.3 Å². The Morgan fingerprint density at radius 3 is 2.52 bits per heavy atom. The van der Waals surface area contributed by atoms with Gasteiger partial charge in [-0.05, 0) is 60.7 Å². The molecular formula is C22H17F2N3O3S. The highest BCUT2D eigenvalue weighted by Crippen LogP contribution is 2.19. The minimum Gasteiger partial charge on any atom is -0.322 e. The van der Waals surface area contributed by atoms with Crippen LogP contribution in [0.3, 0.4) is 0 Å². The van der Waals surface area contributed by atoms with Gasteiger partial charge in [0.1, 0.15) is 22.9 Å². The highest BCUT2D eigenvalue weighted by Gasteiger charge is 2.18. The number of thiophene rings is 1. The van der Waals surface area contributed by atoms with E-state index in [1.807, 2.05) is 19.9 Å². The van der Waals surface area contributed by atoms with Crippen LogP contribution in [0.1, 0.15) is 11.1 Å². The highest BCUT2D eigenvalue weighted by molar-refractivity contribution is 7.17. The van der Waals surface area contributed by atoms with Crippen LogP contribution < -0.4 is 16.6 Å². The van der Waals surface area contributed by atoms with Gasteiger partial charge in [-0.3, -0.25) is 14.2 Å². The molecular weight excluding hydrogens is 424 g/mol. The number of carbonyl (C=O) groups is 1. The average molecular weight is 441 g/mol. The molecule has 4 rings (SSSR count). The Bertz CT molecular complexity index is 1450. The first-order chi connectivity index (χ1) is 14.8. The van der Waals surface area contributed by atoms with Gasteiger partial charge in [0, 0.05) is 6.07 Å². The van der Waals surface area contributed by atoms with Crippen molar-refractivity contribution in [1.29, 1.82) is 0 Å². The van der Waals surface area contributed by atoms with Crippen molar-refractivity contribution < 1.29 is 13.6 Å². The number of hydrogen-bond donors (Lipinski definition) is 1.